The van der Waals surface area contributed by atoms with Crippen LogP contribution in [-0.4, -0.2) is 41.7 Å². The van der Waals surface area contributed by atoms with Crippen molar-refractivity contribution in [2.45, 2.75) is 43.8 Å². The van der Waals surface area contributed by atoms with Crippen molar-refractivity contribution in [1.29, 1.82) is 0 Å². The lowest BCUT2D eigenvalue weighted by atomic mass is 9.96. The topological polar surface area (TPSA) is 58.9 Å². The fourth-order valence-electron chi connectivity index (χ4n) is 3.25. The van der Waals surface area contributed by atoms with Crippen molar-refractivity contribution in [2.75, 3.05) is 20.0 Å². The SMILES string of the molecule is CCOc1ccc(Cc2cc(C3CC(O)CC(SC)O3)ccc2Cl)cc1.CO. The molecule has 1 aliphatic heterocycles. The number of aliphatic hydroxyl groups excluding tert-OH is 2. The molecule has 2 N–H and O–H groups in total. The van der Waals surface area contributed by atoms with Gasteiger partial charge in [-0.2, -0.15) is 0 Å². The highest BCUT2D eigenvalue weighted by Crippen LogP contribution is 2.36. The smallest absolute Gasteiger partial charge is 0.119 e. The number of ether oxygens (including phenoxy) is 2. The van der Waals surface area contributed by atoms with Gasteiger partial charge in [0, 0.05) is 25.0 Å². The van der Waals surface area contributed by atoms with E-state index in [9.17, 15) is 5.11 Å². The van der Waals surface area contributed by atoms with Gasteiger partial charge in [0.15, 0.2) is 0 Å². The maximum atomic E-state index is 10.1. The Morgan fingerprint density at radius 1 is 1.14 bits per heavy atom. The van der Waals surface area contributed by atoms with E-state index in [1.165, 1.54) is 5.56 Å². The van der Waals surface area contributed by atoms with Gasteiger partial charge in [0.2, 0.25) is 0 Å². The normalized spacial score (nSPS) is 21.6. The first-order chi connectivity index (χ1) is 13.6. The molecule has 3 unspecified atom stereocenters. The van der Waals surface area contributed by atoms with Gasteiger partial charge < -0.3 is 19.7 Å². The molecule has 3 rings (SSSR count). The van der Waals surface area contributed by atoms with Gasteiger partial charge in [-0.3, -0.25) is 0 Å². The molecule has 4 nitrogen and oxygen atoms in total. The van der Waals surface area contributed by atoms with E-state index < -0.39 is 0 Å². The van der Waals surface area contributed by atoms with Crippen molar-refractivity contribution in [1.82, 2.24) is 0 Å². The molecule has 1 aliphatic rings. The molecule has 1 saturated heterocycles. The summed E-state index contributed by atoms with van der Waals surface area (Å²) in [5, 5.41) is 17.9. The van der Waals surface area contributed by atoms with Crippen molar-refractivity contribution < 1.29 is 19.7 Å². The zero-order valence-corrected chi connectivity index (χ0v) is 18.2. The summed E-state index contributed by atoms with van der Waals surface area (Å²) in [6, 6.07) is 14.2. The summed E-state index contributed by atoms with van der Waals surface area (Å²) in [6.45, 7) is 2.64. The van der Waals surface area contributed by atoms with Crippen LogP contribution in [0.4, 0.5) is 0 Å². The first-order valence-corrected chi connectivity index (χ1v) is 11.1. The quantitative estimate of drug-likeness (QED) is 0.694. The second-order valence-corrected chi connectivity index (χ2v) is 7.92. The average Bonchev–Trinajstić information content (AvgIpc) is 2.72. The summed E-state index contributed by atoms with van der Waals surface area (Å²) in [5.74, 6) is 0.879. The minimum atomic E-state index is -0.323. The third-order valence-corrected chi connectivity index (χ3v) is 5.80. The molecule has 1 fully saturated rings. The number of benzene rings is 2. The Morgan fingerprint density at radius 2 is 1.86 bits per heavy atom. The van der Waals surface area contributed by atoms with Gasteiger partial charge >= 0.3 is 0 Å². The Bertz CT molecular complexity index is 723. The molecule has 2 aromatic carbocycles. The van der Waals surface area contributed by atoms with Crippen LogP contribution in [0.15, 0.2) is 42.5 Å². The lowest BCUT2D eigenvalue weighted by Gasteiger charge is -2.32. The third kappa shape index (κ3) is 6.39. The average molecular weight is 425 g/mol. The van der Waals surface area contributed by atoms with Gasteiger partial charge in [-0.25, -0.2) is 0 Å². The van der Waals surface area contributed by atoms with E-state index in [1.54, 1.807) is 11.8 Å². The summed E-state index contributed by atoms with van der Waals surface area (Å²) in [5.41, 5.74) is 3.36. The molecule has 0 aromatic heterocycles. The summed E-state index contributed by atoms with van der Waals surface area (Å²) >= 11 is 8.07. The molecule has 0 radical (unpaired) electrons. The minimum absolute atomic E-state index is 0.0361. The number of hydrogen-bond donors (Lipinski definition) is 2. The largest absolute Gasteiger partial charge is 0.494 e. The van der Waals surface area contributed by atoms with Gasteiger partial charge in [0.05, 0.1) is 18.8 Å². The number of aliphatic hydroxyl groups is 2. The van der Waals surface area contributed by atoms with Crippen LogP contribution in [0.3, 0.4) is 0 Å². The Labute approximate surface area is 176 Å². The van der Waals surface area contributed by atoms with Crippen LogP contribution in [0.1, 0.15) is 42.6 Å². The molecule has 1 heterocycles. The van der Waals surface area contributed by atoms with E-state index in [0.717, 1.165) is 35.4 Å². The highest BCUT2D eigenvalue weighted by Gasteiger charge is 2.29. The standard InChI is InChI=1S/C21H25ClO3S.CH4O/c1-3-24-18-7-4-14(5-8-18)10-16-11-15(6-9-19(16)22)20-12-17(23)13-21(25-20)26-2;1-2/h4-9,11,17,20-21,23H,3,10,12-13H2,1-2H3;2H,1H3. The second-order valence-electron chi connectivity index (χ2n) is 6.52. The molecule has 2 aromatic rings. The van der Waals surface area contributed by atoms with E-state index in [4.69, 9.17) is 26.2 Å². The van der Waals surface area contributed by atoms with E-state index >= 15 is 0 Å². The Kier molecular flexibility index (Phi) is 9.62. The zero-order valence-electron chi connectivity index (χ0n) is 16.6. The molecule has 0 aliphatic carbocycles. The number of rotatable bonds is 6. The van der Waals surface area contributed by atoms with E-state index in [0.29, 0.717) is 19.4 Å². The van der Waals surface area contributed by atoms with E-state index in [-0.39, 0.29) is 17.6 Å². The molecule has 0 saturated carbocycles. The first-order valence-electron chi connectivity index (χ1n) is 9.40. The fraction of sp³-hybridized carbons (Fsp3) is 0.455. The maximum absolute atomic E-state index is 10.1. The van der Waals surface area contributed by atoms with Gasteiger partial charge in [0.1, 0.15) is 11.2 Å². The Balaban J connectivity index is 0.00000136. The van der Waals surface area contributed by atoms with Gasteiger partial charge in [-0.1, -0.05) is 35.9 Å². The fourth-order valence-corrected chi connectivity index (χ4v) is 4.09. The molecule has 28 heavy (non-hydrogen) atoms. The van der Waals surface area contributed by atoms with Gasteiger partial charge in [-0.05, 0) is 54.5 Å². The number of thioether (sulfide) groups is 1. The van der Waals surface area contributed by atoms with Crippen LogP contribution in [0.2, 0.25) is 5.02 Å². The van der Waals surface area contributed by atoms with Crippen LogP contribution in [0.25, 0.3) is 0 Å². The highest BCUT2D eigenvalue weighted by atomic mass is 35.5. The van der Waals surface area contributed by atoms with Crippen LogP contribution < -0.4 is 4.74 Å². The predicted molar refractivity (Wildman–Crippen MR) is 116 cm³/mol. The lowest BCUT2D eigenvalue weighted by Crippen LogP contribution is -2.29. The molecule has 154 valence electrons. The van der Waals surface area contributed by atoms with Crippen LogP contribution in [0.5, 0.6) is 5.75 Å². The van der Waals surface area contributed by atoms with Crippen molar-refractivity contribution in [3.8, 4) is 5.75 Å². The highest BCUT2D eigenvalue weighted by molar-refractivity contribution is 7.99. The molecular weight excluding hydrogens is 396 g/mol. The lowest BCUT2D eigenvalue weighted by molar-refractivity contribution is -0.0605. The molecule has 0 spiro atoms. The summed E-state index contributed by atoms with van der Waals surface area (Å²) in [4.78, 5) is 0. The van der Waals surface area contributed by atoms with Crippen molar-refractivity contribution in [2.24, 2.45) is 0 Å². The summed E-state index contributed by atoms with van der Waals surface area (Å²) in [7, 11) is 1.00. The van der Waals surface area contributed by atoms with E-state index in [2.05, 4.69) is 18.2 Å². The second kappa shape index (κ2) is 11.7. The number of halogens is 1. The van der Waals surface area contributed by atoms with Gasteiger partial charge in [-0.15, -0.1) is 11.8 Å². The van der Waals surface area contributed by atoms with Crippen molar-refractivity contribution >= 4 is 23.4 Å². The maximum Gasteiger partial charge on any atom is 0.119 e. The summed E-state index contributed by atoms with van der Waals surface area (Å²) in [6.07, 6.45) is 3.66. The predicted octanol–water partition coefficient (Wildman–Crippen LogP) is 4.84. The molecule has 0 amide bonds. The first kappa shape index (κ1) is 23.0. The Morgan fingerprint density at radius 3 is 2.50 bits per heavy atom. The van der Waals surface area contributed by atoms with Gasteiger partial charge in [0.25, 0.3) is 0 Å². The Hall–Kier alpha value is -1.24. The van der Waals surface area contributed by atoms with Crippen LogP contribution >= 0.6 is 23.4 Å². The zero-order chi connectivity index (χ0) is 20.5. The molecule has 6 heteroatoms. The van der Waals surface area contributed by atoms with Crippen LogP contribution in [-0.2, 0) is 11.2 Å². The molecular formula is C22H29ClO4S. The number of hydrogen-bond acceptors (Lipinski definition) is 5. The monoisotopic (exact) mass is 424 g/mol. The minimum Gasteiger partial charge on any atom is -0.494 e. The van der Waals surface area contributed by atoms with Crippen LogP contribution in [0, 0.1) is 0 Å². The third-order valence-electron chi connectivity index (χ3n) is 4.60. The van der Waals surface area contributed by atoms with Crippen molar-refractivity contribution in [3.05, 3.63) is 64.2 Å². The van der Waals surface area contributed by atoms with E-state index in [1.807, 2.05) is 37.4 Å². The summed E-state index contributed by atoms with van der Waals surface area (Å²) < 4.78 is 11.6. The van der Waals surface area contributed by atoms with Crippen molar-refractivity contribution in [3.63, 3.8) is 0 Å². The molecule has 0 bridgehead atoms. The molecule has 3 atom stereocenters.